The van der Waals surface area contributed by atoms with E-state index in [4.69, 9.17) is 4.74 Å². The lowest BCUT2D eigenvalue weighted by Gasteiger charge is -2.21. The van der Waals surface area contributed by atoms with Crippen LogP contribution in [0.25, 0.3) is 0 Å². The average molecular weight is 421 g/mol. The SMILES string of the molecule is CC.CC.CC(C)(COC=O)SSCCNC(=O)CCN1C(=O)C=CC1=O. The van der Waals surface area contributed by atoms with Crippen LogP contribution in [-0.4, -0.2) is 59.3 Å². The van der Waals surface area contributed by atoms with Crippen molar-refractivity contribution in [3.63, 3.8) is 0 Å². The summed E-state index contributed by atoms with van der Waals surface area (Å²) in [5.41, 5.74) is 0. The minimum absolute atomic E-state index is 0.0917. The molecule has 0 unspecified atom stereocenters. The van der Waals surface area contributed by atoms with Gasteiger partial charge in [-0.2, -0.15) is 0 Å². The maximum Gasteiger partial charge on any atom is 0.293 e. The average Bonchev–Trinajstić information content (AvgIpc) is 2.99. The van der Waals surface area contributed by atoms with E-state index in [1.807, 2.05) is 41.5 Å². The van der Waals surface area contributed by atoms with Crippen molar-refractivity contribution in [3.8, 4) is 0 Å². The van der Waals surface area contributed by atoms with Crippen molar-refractivity contribution in [2.45, 2.75) is 52.7 Å². The van der Waals surface area contributed by atoms with Crippen molar-refractivity contribution in [2.24, 2.45) is 0 Å². The Balaban J connectivity index is 0. The maximum absolute atomic E-state index is 11.7. The number of carbonyl (C=O) groups excluding carboxylic acids is 4. The zero-order chi connectivity index (χ0) is 21.3. The number of hydrogen-bond acceptors (Lipinski definition) is 7. The van der Waals surface area contributed by atoms with Crippen molar-refractivity contribution < 1.29 is 23.9 Å². The topological polar surface area (TPSA) is 92.8 Å². The number of nitrogens with one attached hydrogen (secondary N) is 1. The first-order valence-corrected chi connectivity index (χ1v) is 11.3. The molecule has 0 fully saturated rings. The molecule has 0 radical (unpaired) electrons. The van der Waals surface area contributed by atoms with E-state index in [1.165, 1.54) is 12.2 Å². The molecule has 0 saturated heterocycles. The molecular weight excluding hydrogens is 388 g/mol. The minimum atomic E-state index is -0.380. The Bertz CT molecular complexity index is 478. The van der Waals surface area contributed by atoms with Gasteiger partial charge in [-0.15, -0.1) is 0 Å². The van der Waals surface area contributed by atoms with E-state index in [0.717, 1.165) is 4.90 Å². The summed E-state index contributed by atoms with van der Waals surface area (Å²) >= 11 is 0. The number of imide groups is 1. The Morgan fingerprint density at radius 1 is 1.19 bits per heavy atom. The van der Waals surface area contributed by atoms with E-state index in [9.17, 15) is 19.2 Å². The van der Waals surface area contributed by atoms with Crippen molar-refractivity contribution in [1.29, 1.82) is 0 Å². The minimum Gasteiger partial charge on any atom is -0.466 e. The Labute approximate surface area is 170 Å². The largest absolute Gasteiger partial charge is 0.466 e. The summed E-state index contributed by atoms with van der Waals surface area (Å²) in [4.78, 5) is 45.5. The lowest BCUT2D eigenvalue weighted by atomic mass is 10.2. The molecule has 1 heterocycles. The Hall–Kier alpha value is -1.48. The fraction of sp³-hybridized carbons (Fsp3) is 0.667. The number of rotatable bonds is 11. The van der Waals surface area contributed by atoms with Gasteiger partial charge >= 0.3 is 0 Å². The summed E-state index contributed by atoms with van der Waals surface area (Å²) in [5.74, 6) is -0.264. The normalized spacial score (nSPS) is 12.6. The van der Waals surface area contributed by atoms with Gasteiger partial charge in [0, 0.05) is 37.4 Å². The first kappa shape index (κ1) is 27.7. The monoisotopic (exact) mass is 420 g/mol. The van der Waals surface area contributed by atoms with Crippen LogP contribution in [0.4, 0.5) is 0 Å². The fourth-order valence-electron chi connectivity index (χ4n) is 1.65. The van der Waals surface area contributed by atoms with Crippen LogP contribution >= 0.6 is 21.6 Å². The fourth-order valence-corrected chi connectivity index (χ4v) is 3.95. The lowest BCUT2D eigenvalue weighted by molar-refractivity contribution is -0.137. The van der Waals surface area contributed by atoms with Crippen LogP contribution in [0.15, 0.2) is 12.2 Å². The number of hydrogen-bond donors (Lipinski definition) is 1. The molecule has 1 aliphatic heterocycles. The number of carbonyl (C=O) groups is 4. The van der Waals surface area contributed by atoms with Gasteiger partial charge in [0.25, 0.3) is 18.3 Å². The highest BCUT2D eigenvalue weighted by Gasteiger charge is 2.23. The van der Waals surface area contributed by atoms with Crippen molar-refractivity contribution in [3.05, 3.63) is 12.2 Å². The van der Waals surface area contributed by atoms with Crippen LogP contribution in [0.5, 0.6) is 0 Å². The van der Waals surface area contributed by atoms with Crippen LogP contribution < -0.4 is 5.32 Å². The van der Waals surface area contributed by atoms with Crippen molar-refractivity contribution in [1.82, 2.24) is 10.2 Å². The van der Waals surface area contributed by atoms with Gasteiger partial charge in [-0.05, 0) is 13.8 Å². The standard InChI is InChI=1S/C14H20N2O5S2.2C2H6/c1-14(2,9-21-10-17)23-22-8-6-15-11(18)5-7-16-12(19)3-4-13(16)20;2*1-2/h3-4,10H,5-9H2,1-2H3,(H,15,18);2*1-2H3. The zero-order valence-corrected chi connectivity index (χ0v) is 18.7. The maximum atomic E-state index is 11.7. The zero-order valence-electron chi connectivity index (χ0n) is 17.1. The van der Waals surface area contributed by atoms with Gasteiger partial charge in [-0.3, -0.25) is 24.1 Å². The highest BCUT2D eigenvalue weighted by atomic mass is 33.1. The molecule has 0 saturated carbocycles. The summed E-state index contributed by atoms with van der Waals surface area (Å²) in [7, 11) is 3.15. The van der Waals surface area contributed by atoms with E-state index in [2.05, 4.69) is 5.32 Å². The summed E-state index contributed by atoms with van der Waals surface area (Å²) in [6.45, 7) is 13.3. The molecule has 9 heteroatoms. The van der Waals surface area contributed by atoms with Gasteiger partial charge in [0.05, 0.1) is 4.75 Å². The lowest BCUT2D eigenvalue weighted by Crippen LogP contribution is -2.35. The molecule has 0 spiro atoms. The molecule has 1 aliphatic rings. The summed E-state index contributed by atoms with van der Waals surface area (Å²) in [6.07, 6.45) is 2.49. The van der Waals surface area contributed by atoms with Crippen molar-refractivity contribution >= 4 is 45.8 Å². The molecule has 0 aliphatic carbocycles. The molecule has 0 aromatic heterocycles. The quantitative estimate of drug-likeness (QED) is 0.238. The Morgan fingerprint density at radius 2 is 1.74 bits per heavy atom. The smallest absolute Gasteiger partial charge is 0.293 e. The molecule has 0 aromatic carbocycles. The first-order chi connectivity index (χ1) is 12.9. The molecule has 1 N–H and O–H groups in total. The highest BCUT2D eigenvalue weighted by molar-refractivity contribution is 8.77. The molecule has 0 aromatic rings. The third-order valence-corrected chi connectivity index (χ3v) is 6.02. The summed E-state index contributed by atoms with van der Waals surface area (Å²) < 4.78 is 4.55. The van der Waals surface area contributed by atoms with Gasteiger partial charge < -0.3 is 10.1 Å². The third kappa shape index (κ3) is 13.4. The van der Waals surface area contributed by atoms with E-state index < -0.39 is 0 Å². The first-order valence-electron chi connectivity index (χ1n) is 9.02. The molecule has 7 nitrogen and oxygen atoms in total. The van der Waals surface area contributed by atoms with Gasteiger partial charge in [0.15, 0.2) is 0 Å². The van der Waals surface area contributed by atoms with E-state index in [-0.39, 0.29) is 35.4 Å². The van der Waals surface area contributed by atoms with E-state index in [1.54, 1.807) is 21.6 Å². The van der Waals surface area contributed by atoms with Gasteiger partial charge in [0.1, 0.15) is 6.61 Å². The third-order valence-electron chi connectivity index (χ3n) is 2.75. The predicted octanol–water partition coefficient (Wildman–Crippen LogP) is 2.80. The molecule has 0 bridgehead atoms. The summed E-state index contributed by atoms with van der Waals surface area (Å²) in [5, 5.41) is 2.74. The predicted molar refractivity (Wildman–Crippen MR) is 112 cm³/mol. The van der Waals surface area contributed by atoms with Crippen LogP contribution in [0, 0.1) is 0 Å². The molecular formula is C18H32N2O5S2. The van der Waals surface area contributed by atoms with E-state index >= 15 is 0 Å². The van der Waals surface area contributed by atoms with Gasteiger partial charge in [-0.1, -0.05) is 49.3 Å². The molecule has 0 atom stereocenters. The van der Waals surface area contributed by atoms with E-state index in [0.29, 0.717) is 25.4 Å². The van der Waals surface area contributed by atoms with Crippen LogP contribution in [-0.2, 0) is 23.9 Å². The Morgan fingerprint density at radius 3 is 2.26 bits per heavy atom. The second-order valence-electron chi connectivity index (χ2n) is 5.33. The number of nitrogens with zero attached hydrogens (tertiary/aromatic N) is 1. The second kappa shape index (κ2) is 16.7. The van der Waals surface area contributed by atoms with Crippen molar-refractivity contribution in [2.75, 3.05) is 25.4 Å². The van der Waals surface area contributed by atoms with Gasteiger partial charge in [0.2, 0.25) is 5.91 Å². The van der Waals surface area contributed by atoms with Crippen LogP contribution in [0.2, 0.25) is 0 Å². The highest BCUT2D eigenvalue weighted by Crippen LogP contribution is 2.35. The van der Waals surface area contributed by atoms with Gasteiger partial charge in [-0.25, -0.2) is 0 Å². The summed E-state index contributed by atoms with van der Waals surface area (Å²) in [6, 6.07) is 0. The molecule has 156 valence electrons. The van der Waals surface area contributed by atoms with Crippen LogP contribution in [0.1, 0.15) is 48.0 Å². The molecule has 27 heavy (non-hydrogen) atoms. The van der Waals surface area contributed by atoms with Crippen LogP contribution in [0.3, 0.4) is 0 Å². The second-order valence-corrected chi connectivity index (χ2v) is 8.46. The Kier molecular flexibility index (Phi) is 17.1. The molecule has 1 rings (SSSR count). The number of ether oxygens (including phenoxy) is 1. The molecule has 3 amide bonds. The number of amides is 3.